The highest BCUT2D eigenvalue weighted by Crippen LogP contribution is 2.32. The number of hydrogen-bond donors (Lipinski definition) is 1. The van der Waals surface area contributed by atoms with Gasteiger partial charge in [-0.05, 0) is 23.8 Å². The quantitative estimate of drug-likeness (QED) is 0.419. The van der Waals surface area contributed by atoms with E-state index in [-0.39, 0.29) is 5.56 Å². The summed E-state index contributed by atoms with van der Waals surface area (Å²) in [5, 5.41) is 12.3. The van der Waals surface area contributed by atoms with Crippen molar-refractivity contribution in [2.75, 3.05) is 13.2 Å². The van der Waals surface area contributed by atoms with Gasteiger partial charge in [0.05, 0.1) is 30.3 Å². The van der Waals surface area contributed by atoms with Gasteiger partial charge in [0.2, 0.25) is 5.16 Å². The summed E-state index contributed by atoms with van der Waals surface area (Å²) in [6.45, 7) is 1.32. The second-order valence-electron chi connectivity index (χ2n) is 7.22. The lowest BCUT2D eigenvalue weighted by Gasteiger charge is -2.08. The molecule has 5 aromatic rings. The fraction of sp³-hybridized carbons (Fsp3) is 0.190. The Morgan fingerprint density at radius 2 is 2.03 bits per heavy atom. The van der Waals surface area contributed by atoms with Gasteiger partial charge in [-0.2, -0.15) is 14.6 Å². The summed E-state index contributed by atoms with van der Waals surface area (Å²) in [5.74, 6) is 3.24. The Morgan fingerprint density at radius 3 is 2.91 bits per heavy atom. The van der Waals surface area contributed by atoms with E-state index in [1.807, 2.05) is 24.3 Å². The molecule has 0 bridgehead atoms. The minimum absolute atomic E-state index is 0.210. The highest BCUT2D eigenvalue weighted by Gasteiger charge is 2.14. The third-order valence-corrected chi connectivity index (χ3v) is 6.05. The number of aromatic amines is 1. The van der Waals surface area contributed by atoms with Crippen molar-refractivity contribution in [3.8, 4) is 17.3 Å². The molecule has 0 saturated carbocycles. The molecule has 0 aliphatic carbocycles. The van der Waals surface area contributed by atoms with Crippen LogP contribution < -0.4 is 15.0 Å². The maximum atomic E-state index is 12.9. The fourth-order valence-corrected chi connectivity index (χ4v) is 4.34. The molecule has 1 aliphatic heterocycles. The molecule has 32 heavy (non-hydrogen) atoms. The first-order valence-corrected chi connectivity index (χ1v) is 11.0. The molecular weight excluding hydrogens is 430 g/mol. The largest absolute Gasteiger partial charge is 0.490 e. The minimum Gasteiger partial charge on any atom is -0.490 e. The molecule has 0 amide bonds. The molecule has 0 fully saturated rings. The number of pyridine rings is 1. The Morgan fingerprint density at radius 1 is 1.12 bits per heavy atom. The zero-order chi connectivity index (χ0) is 21.5. The van der Waals surface area contributed by atoms with Crippen molar-refractivity contribution < 1.29 is 9.47 Å². The van der Waals surface area contributed by atoms with E-state index in [0.29, 0.717) is 46.6 Å². The van der Waals surface area contributed by atoms with Gasteiger partial charge < -0.3 is 9.47 Å². The fourth-order valence-electron chi connectivity index (χ4n) is 3.58. The molecule has 0 saturated heterocycles. The monoisotopic (exact) mass is 447 g/mol. The maximum absolute atomic E-state index is 12.9. The zero-order valence-electron chi connectivity index (χ0n) is 16.8. The second kappa shape index (κ2) is 7.68. The Labute approximate surface area is 185 Å². The topological polar surface area (TPSA) is 112 Å². The molecule has 4 aromatic heterocycles. The molecule has 10 nitrogen and oxygen atoms in total. The van der Waals surface area contributed by atoms with Gasteiger partial charge in [0, 0.05) is 30.6 Å². The van der Waals surface area contributed by atoms with E-state index in [1.54, 1.807) is 23.0 Å². The Balaban J connectivity index is 1.30. The van der Waals surface area contributed by atoms with Crippen molar-refractivity contribution in [3.63, 3.8) is 0 Å². The van der Waals surface area contributed by atoms with Crippen LogP contribution in [0.15, 0.2) is 58.9 Å². The lowest BCUT2D eigenvalue weighted by atomic mass is 10.2. The lowest BCUT2D eigenvalue weighted by Crippen LogP contribution is -2.19. The number of benzene rings is 1. The normalized spacial score (nSPS) is 13.5. The number of rotatable bonds is 4. The van der Waals surface area contributed by atoms with Gasteiger partial charge in [0.25, 0.3) is 11.3 Å². The number of thioether (sulfide) groups is 1. The molecule has 5 heterocycles. The summed E-state index contributed by atoms with van der Waals surface area (Å²) < 4.78 is 14.5. The van der Waals surface area contributed by atoms with Gasteiger partial charge in [-0.25, -0.2) is 4.98 Å². The number of H-pyrrole nitrogens is 1. The summed E-state index contributed by atoms with van der Waals surface area (Å²) in [6.07, 6.45) is 5.69. The number of fused-ring (bicyclic) bond motifs is 4. The lowest BCUT2D eigenvalue weighted by molar-refractivity contribution is 0.297. The number of nitrogens with zero attached hydrogens (tertiary/aromatic N) is 6. The van der Waals surface area contributed by atoms with Gasteiger partial charge in [0.1, 0.15) is 5.82 Å². The number of aromatic nitrogens is 7. The van der Waals surface area contributed by atoms with Gasteiger partial charge in [-0.1, -0.05) is 17.8 Å². The maximum Gasteiger partial charge on any atom is 0.267 e. The van der Waals surface area contributed by atoms with Gasteiger partial charge in [0.15, 0.2) is 11.5 Å². The highest BCUT2D eigenvalue weighted by molar-refractivity contribution is 7.98. The van der Waals surface area contributed by atoms with Crippen molar-refractivity contribution in [2.45, 2.75) is 17.3 Å². The van der Waals surface area contributed by atoms with E-state index in [1.165, 1.54) is 22.5 Å². The van der Waals surface area contributed by atoms with Crippen LogP contribution in [0.4, 0.5) is 0 Å². The van der Waals surface area contributed by atoms with Crippen LogP contribution in [0.2, 0.25) is 0 Å². The smallest absolute Gasteiger partial charge is 0.267 e. The van der Waals surface area contributed by atoms with Crippen LogP contribution in [0.5, 0.6) is 11.5 Å². The van der Waals surface area contributed by atoms with Crippen LogP contribution in [0.1, 0.15) is 12.0 Å². The molecule has 1 aromatic carbocycles. The van der Waals surface area contributed by atoms with Crippen LogP contribution >= 0.6 is 11.8 Å². The molecule has 1 N–H and O–H groups in total. The SMILES string of the molecule is O=c1c2cnc3nc(SCc4ccc5c(c4)OCCCO5)nn3c2ccn1-c1ccn[nH]1. The Kier molecular flexibility index (Phi) is 4.53. The molecule has 0 unspecified atom stereocenters. The summed E-state index contributed by atoms with van der Waals surface area (Å²) >= 11 is 1.49. The van der Waals surface area contributed by atoms with Crippen molar-refractivity contribution >= 4 is 28.4 Å². The molecular formula is C21H17N7O3S. The molecule has 0 spiro atoms. The standard InChI is InChI=1S/C21H17N7O3S/c29-19-14-11-22-20-24-21(26-28(20)15(14)5-7-27(19)18-4-6-23-25-18)32-12-13-2-3-16-17(10-13)31-9-1-8-30-16/h2-7,10-11H,1,8-9,12H2,(H,23,25). The van der Waals surface area contributed by atoms with E-state index in [9.17, 15) is 4.79 Å². The average Bonchev–Trinajstić information content (AvgIpc) is 3.43. The van der Waals surface area contributed by atoms with E-state index < -0.39 is 0 Å². The van der Waals surface area contributed by atoms with Gasteiger partial charge in [-0.15, -0.1) is 5.10 Å². The van der Waals surface area contributed by atoms with Crippen molar-refractivity contribution in [3.05, 3.63) is 64.8 Å². The first-order chi connectivity index (χ1) is 15.8. The molecule has 0 radical (unpaired) electrons. The molecule has 0 atom stereocenters. The van der Waals surface area contributed by atoms with E-state index in [0.717, 1.165) is 23.5 Å². The summed E-state index contributed by atoms with van der Waals surface area (Å²) in [5.41, 5.74) is 1.52. The summed E-state index contributed by atoms with van der Waals surface area (Å²) in [4.78, 5) is 21.8. The average molecular weight is 447 g/mol. The van der Waals surface area contributed by atoms with Crippen LogP contribution in [0.25, 0.3) is 22.5 Å². The predicted octanol–water partition coefficient (Wildman–Crippen LogP) is 2.61. The molecule has 11 heteroatoms. The van der Waals surface area contributed by atoms with Crippen molar-refractivity contribution in [2.24, 2.45) is 0 Å². The van der Waals surface area contributed by atoms with Gasteiger partial charge >= 0.3 is 0 Å². The molecule has 6 rings (SSSR count). The van der Waals surface area contributed by atoms with Crippen molar-refractivity contribution in [1.29, 1.82) is 0 Å². The first-order valence-electron chi connectivity index (χ1n) is 10.0. The minimum atomic E-state index is -0.210. The van der Waals surface area contributed by atoms with E-state index in [4.69, 9.17) is 9.47 Å². The number of nitrogens with one attached hydrogen (secondary N) is 1. The van der Waals surface area contributed by atoms with Crippen LogP contribution in [-0.2, 0) is 5.75 Å². The number of ether oxygens (including phenoxy) is 2. The predicted molar refractivity (Wildman–Crippen MR) is 118 cm³/mol. The molecule has 160 valence electrons. The summed E-state index contributed by atoms with van der Waals surface area (Å²) in [6, 6.07) is 9.49. The number of hydrogen-bond acceptors (Lipinski definition) is 8. The second-order valence-corrected chi connectivity index (χ2v) is 8.16. The van der Waals surface area contributed by atoms with E-state index in [2.05, 4.69) is 25.3 Å². The van der Waals surface area contributed by atoms with Crippen LogP contribution in [0.3, 0.4) is 0 Å². The zero-order valence-corrected chi connectivity index (χ0v) is 17.6. The first kappa shape index (κ1) is 18.9. The highest BCUT2D eigenvalue weighted by atomic mass is 32.2. The summed E-state index contributed by atoms with van der Waals surface area (Å²) in [7, 11) is 0. The van der Waals surface area contributed by atoms with E-state index >= 15 is 0 Å². The third-order valence-electron chi connectivity index (χ3n) is 5.14. The van der Waals surface area contributed by atoms with Crippen LogP contribution in [-0.4, -0.2) is 47.6 Å². The Hall–Kier alpha value is -3.86. The van der Waals surface area contributed by atoms with Crippen molar-refractivity contribution in [1.82, 2.24) is 34.3 Å². The van der Waals surface area contributed by atoms with Crippen LogP contribution in [0, 0.1) is 0 Å². The molecule has 1 aliphatic rings. The Bertz CT molecular complexity index is 1490. The van der Waals surface area contributed by atoms with Gasteiger partial charge in [-0.3, -0.25) is 14.5 Å². The third kappa shape index (κ3) is 3.26.